The number of allylic oxidation sites excluding steroid dienone is 1. The molecule has 0 amide bonds. The molecule has 0 unspecified atom stereocenters. The summed E-state index contributed by atoms with van der Waals surface area (Å²) in [6.07, 6.45) is 1.64. The molecule has 5 heteroatoms. The monoisotopic (exact) mass is 266 g/mol. The molecule has 1 aliphatic rings. The van der Waals surface area contributed by atoms with Gasteiger partial charge in [-0.3, -0.25) is 4.79 Å². The molecule has 0 aliphatic carbocycles. The third-order valence-corrected chi connectivity index (χ3v) is 4.22. The molecule has 1 aromatic carbocycles. The first-order valence-electron chi connectivity index (χ1n) is 5.63. The second-order valence-electron chi connectivity index (χ2n) is 4.36. The Morgan fingerprint density at radius 3 is 2.72 bits per heavy atom. The fourth-order valence-corrected chi connectivity index (χ4v) is 3.22. The van der Waals surface area contributed by atoms with Gasteiger partial charge in [-0.1, -0.05) is 24.3 Å². The van der Waals surface area contributed by atoms with Gasteiger partial charge in [0.05, 0.1) is 12.2 Å². The van der Waals surface area contributed by atoms with Crippen LogP contribution in [-0.2, 0) is 14.6 Å². The van der Waals surface area contributed by atoms with Crippen LogP contribution in [0.15, 0.2) is 35.7 Å². The predicted molar refractivity (Wildman–Crippen MR) is 67.8 cm³/mol. The Morgan fingerprint density at radius 1 is 1.39 bits per heavy atom. The lowest BCUT2D eigenvalue weighted by Crippen LogP contribution is -2.15. The first-order valence-corrected chi connectivity index (χ1v) is 7.35. The molecule has 0 saturated heterocycles. The minimum absolute atomic E-state index is 0.00410. The van der Waals surface area contributed by atoms with Crippen molar-refractivity contribution in [3.05, 3.63) is 41.3 Å². The van der Waals surface area contributed by atoms with E-state index in [-0.39, 0.29) is 18.1 Å². The molecule has 18 heavy (non-hydrogen) atoms. The van der Waals surface area contributed by atoms with Crippen LogP contribution in [0.3, 0.4) is 0 Å². The lowest BCUT2D eigenvalue weighted by Gasteiger charge is -2.09. The van der Waals surface area contributed by atoms with Gasteiger partial charge in [-0.25, -0.2) is 8.42 Å². The summed E-state index contributed by atoms with van der Waals surface area (Å²) < 4.78 is 27.6. The van der Waals surface area contributed by atoms with Crippen molar-refractivity contribution in [1.29, 1.82) is 0 Å². The van der Waals surface area contributed by atoms with E-state index in [1.807, 2.05) is 19.1 Å². The van der Waals surface area contributed by atoms with E-state index in [0.29, 0.717) is 5.75 Å². The molecule has 0 bridgehead atoms. The van der Waals surface area contributed by atoms with Crippen molar-refractivity contribution in [2.75, 3.05) is 5.75 Å². The molecule has 1 heterocycles. The third-order valence-electron chi connectivity index (χ3n) is 2.75. The SMILES string of the molecule is Cc1ccccc1OC(=O)C[C@@H]1C=CS(=O)(=O)C1. The summed E-state index contributed by atoms with van der Waals surface area (Å²) in [4.78, 5) is 11.7. The van der Waals surface area contributed by atoms with Crippen molar-refractivity contribution in [2.45, 2.75) is 13.3 Å². The molecule has 0 spiro atoms. The maximum absolute atomic E-state index is 11.7. The molecule has 1 aliphatic heterocycles. The van der Waals surface area contributed by atoms with Gasteiger partial charge in [0.15, 0.2) is 9.84 Å². The lowest BCUT2D eigenvalue weighted by atomic mass is 10.1. The van der Waals surface area contributed by atoms with Crippen LogP contribution < -0.4 is 4.74 Å². The van der Waals surface area contributed by atoms with Crippen molar-refractivity contribution >= 4 is 15.8 Å². The Labute approximate surface area is 106 Å². The second-order valence-corrected chi connectivity index (χ2v) is 6.29. The Bertz CT molecular complexity index is 587. The molecule has 0 fully saturated rings. The highest BCUT2D eigenvalue weighted by Gasteiger charge is 2.24. The fourth-order valence-electron chi connectivity index (χ4n) is 1.82. The zero-order valence-electron chi connectivity index (χ0n) is 10.00. The third kappa shape index (κ3) is 3.20. The summed E-state index contributed by atoms with van der Waals surface area (Å²) in [5.74, 6) is -0.162. The van der Waals surface area contributed by atoms with Gasteiger partial charge in [0.25, 0.3) is 0 Å². The Balaban J connectivity index is 1.95. The number of esters is 1. The Kier molecular flexibility index (Phi) is 3.52. The lowest BCUT2D eigenvalue weighted by molar-refractivity contribution is -0.135. The molecule has 2 rings (SSSR count). The largest absolute Gasteiger partial charge is 0.426 e. The van der Waals surface area contributed by atoms with Crippen molar-refractivity contribution in [1.82, 2.24) is 0 Å². The summed E-state index contributed by atoms with van der Waals surface area (Å²) in [6.45, 7) is 1.85. The Hall–Kier alpha value is -1.62. The molecule has 0 aromatic heterocycles. The van der Waals surface area contributed by atoms with Crippen LogP contribution in [0.1, 0.15) is 12.0 Å². The summed E-state index contributed by atoms with van der Waals surface area (Å²) in [6, 6.07) is 7.21. The number of carbonyl (C=O) groups excluding carboxylic acids is 1. The highest BCUT2D eigenvalue weighted by Crippen LogP contribution is 2.21. The van der Waals surface area contributed by atoms with Crippen molar-refractivity contribution in [2.24, 2.45) is 5.92 Å². The minimum atomic E-state index is -3.11. The number of rotatable bonds is 3. The van der Waals surface area contributed by atoms with Crippen LogP contribution >= 0.6 is 0 Å². The molecule has 96 valence electrons. The maximum Gasteiger partial charge on any atom is 0.311 e. The van der Waals surface area contributed by atoms with Crippen molar-refractivity contribution in [3.63, 3.8) is 0 Å². The quantitative estimate of drug-likeness (QED) is 0.619. The number of hydrogen-bond donors (Lipinski definition) is 0. The van der Waals surface area contributed by atoms with Gasteiger partial charge in [-0.2, -0.15) is 0 Å². The number of aryl methyl sites for hydroxylation is 1. The normalized spacial score (nSPS) is 20.8. The van der Waals surface area contributed by atoms with Crippen LogP contribution in [0.5, 0.6) is 5.75 Å². The van der Waals surface area contributed by atoms with E-state index >= 15 is 0 Å². The van der Waals surface area contributed by atoms with E-state index in [2.05, 4.69) is 0 Å². The van der Waals surface area contributed by atoms with Crippen LogP contribution in [0.2, 0.25) is 0 Å². The topological polar surface area (TPSA) is 60.4 Å². The van der Waals surface area contributed by atoms with Crippen LogP contribution in [0.4, 0.5) is 0 Å². The zero-order valence-corrected chi connectivity index (χ0v) is 10.8. The number of para-hydroxylation sites is 1. The number of ether oxygens (including phenoxy) is 1. The highest BCUT2D eigenvalue weighted by atomic mass is 32.2. The van der Waals surface area contributed by atoms with Gasteiger partial charge >= 0.3 is 5.97 Å². The van der Waals surface area contributed by atoms with E-state index in [1.54, 1.807) is 18.2 Å². The first-order chi connectivity index (χ1) is 8.46. The molecule has 4 nitrogen and oxygen atoms in total. The molecule has 0 radical (unpaired) electrons. The Morgan fingerprint density at radius 2 is 2.11 bits per heavy atom. The van der Waals surface area contributed by atoms with E-state index in [9.17, 15) is 13.2 Å². The molecular formula is C13H14O4S. The number of carbonyl (C=O) groups is 1. The first kappa shape index (κ1) is 12.8. The predicted octanol–water partition coefficient (Wildman–Crippen LogP) is 1.85. The van der Waals surface area contributed by atoms with E-state index in [4.69, 9.17) is 4.74 Å². The van der Waals surface area contributed by atoms with E-state index in [1.165, 1.54) is 5.41 Å². The zero-order chi connectivity index (χ0) is 13.2. The fraction of sp³-hybridized carbons (Fsp3) is 0.308. The minimum Gasteiger partial charge on any atom is -0.426 e. The second kappa shape index (κ2) is 4.94. The average molecular weight is 266 g/mol. The smallest absolute Gasteiger partial charge is 0.311 e. The van der Waals surface area contributed by atoms with Gasteiger partial charge in [0.1, 0.15) is 5.75 Å². The van der Waals surface area contributed by atoms with Crippen LogP contribution in [-0.4, -0.2) is 20.1 Å². The molecule has 0 saturated carbocycles. The van der Waals surface area contributed by atoms with Gasteiger partial charge in [-0.05, 0) is 18.6 Å². The van der Waals surface area contributed by atoms with Crippen LogP contribution in [0, 0.1) is 12.8 Å². The van der Waals surface area contributed by atoms with E-state index in [0.717, 1.165) is 5.56 Å². The van der Waals surface area contributed by atoms with Crippen LogP contribution in [0.25, 0.3) is 0 Å². The number of sulfone groups is 1. The number of benzene rings is 1. The molecular weight excluding hydrogens is 252 g/mol. The average Bonchev–Trinajstić information content (AvgIpc) is 2.61. The molecule has 1 atom stereocenters. The summed E-state index contributed by atoms with van der Waals surface area (Å²) >= 11 is 0. The number of hydrogen-bond acceptors (Lipinski definition) is 4. The molecule has 1 aromatic rings. The van der Waals surface area contributed by atoms with Gasteiger partial charge in [0.2, 0.25) is 0 Å². The summed E-state index contributed by atoms with van der Waals surface area (Å²) in [7, 11) is -3.11. The highest BCUT2D eigenvalue weighted by molar-refractivity contribution is 7.94. The van der Waals surface area contributed by atoms with Crippen molar-refractivity contribution < 1.29 is 17.9 Å². The van der Waals surface area contributed by atoms with Gasteiger partial charge < -0.3 is 4.74 Å². The molecule has 0 N–H and O–H groups in total. The standard InChI is InChI=1S/C13H14O4S/c1-10-4-2-3-5-12(10)17-13(14)8-11-6-7-18(15,16)9-11/h2-7,11H,8-9H2,1H3/t11-/m0/s1. The van der Waals surface area contributed by atoms with Gasteiger partial charge in [0, 0.05) is 11.3 Å². The summed E-state index contributed by atoms with van der Waals surface area (Å²) in [5.41, 5.74) is 0.875. The maximum atomic E-state index is 11.7. The van der Waals surface area contributed by atoms with E-state index < -0.39 is 15.8 Å². The van der Waals surface area contributed by atoms with Crippen molar-refractivity contribution in [3.8, 4) is 5.75 Å². The summed E-state index contributed by atoms with van der Waals surface area (Å²) in [5, 5.41) is 1.17. The van der Waals surface area contributed by atoms with Gasteiger partial charge in [-0.15, -0.1) is 0 Å².